The Kier molecular flexibility index (Phi) is 13.1. The summed E-state index contributed by atoms with van der Waals surface area (Å²) in [5.74, 6) is 0.784. The minimum Gasteiger partial charge on any atom is -0.427 e. The van der Waals surface area contributed by atoms with Crippen LogP contribution in [0.25, 0.3) is 11.1 Å². The van der Waals surface area contributed by atoms with Crippen molar-refractivity contribution in [3.63, 3.8) is 0 Å². The lowest BCUT2D eigenvalue weighted by Crippen LogP contribution is -2.28. The van der Waals surface area contributed by atoms with Crippen molar-refractivity contribution < 1.29 is 38.1 Å². The van der Waals surface area contributed by atoms with Gasteiger partial charge < -0.3 is 38.1 Å². The van der Waals surface area contributed by atoms with Crippen molar-refractivity contribution >= 4 is 17.2 Å². The summed E-state index contributed by atoms with van der Waals surface area (Å²) < 4.78 is 21.2. The molecule has 0 heterocycles. The van der Waals surface area contributed by atoms with E-state index in [1.807, 2.05) is 48.5 Å². The summed E-state index contributed by atoms with van der Waals surface area (Å²) >= 11 is 0. The van der Waals surface area contributed by atoms with Gasteiger partial charge in [-0.2, -0.15) is 0 Å². The van der Waals surface area contributed by atoms with Gasteiger partial charge in [0.1, 0.15) is 11.5 Å². The van der Waals surface area contributed by atoms with Crippen molar-refractivity contribution in [2.75, 3.05) is 27.4 Å². The number of rotatable bonds is 17. The highest BCUT2D eigenvalue weighted by atomic mass is 31.2. The van der Waals surface area contributed by atoms with Crippen LogP contribution < -0.4 is 9.05 Å². The fraction of sp³-hybridized carbons (Fsp3) is 0.379. The summed E-state index contributed by atoms with van der Waals surface area (Å²) in [5, 5.41) is 0. The van der Waals surface area contributed by atoms with Crippen LogP contribution in [-0.2, 0) is 14.9 Å². The van der Waals surface area contributed by atoms with Gasteiger partial charge in [0.25, 0.3) is 0 Å². The van der Waals surface area contributed by atoms with Gasteiger partial charge in [0.15, 0.2) is 0 Å². The van der Waals surface area contributed by atoms with Gasteiger partial charge in [-0.05, 0) is 79.5 Å². The van der Waals surface area contributed by atoms with E-state index >= 15 is 0 Å². The Morgan fingerprint density at radius 2 is 1.21 bits per heavy atom. The van der Waals surface area contributed by atoms with Gasteiger partial charge in [0.05, 0.1) is 0 Å². The van der Waals surface area contributed by atoms with Gasteiger partial charge in [-0.25, -0.2) is 0 Å². The van der Waals surface area contributed by atoms with Crippen molar-refractivity contribution in [2.24, 2.45) is 0 Å². The van der Waals surface area contributed by atoms with Gasteiger partial charge in [0, 0.05) is 38.4 Å². The highest BCUT2D eigenvalue weighted by Crippen LogP contribution is 2.46. The van der Waals surface area contributed by atoms with E-state index in [-0.39, 0.29) is 0 Å². The van der Waals surface area contributed by atoms with Gasteiger partial charge in [0.2, 0.25) is 0 Å². The van der Waals surface area contributed by atoms with E-state index in [0.717, 1.165) is 60.8 Å². The summed E-state index contributed by atoms with van der Waals surface area (Å²) in [6, 6.07) is 23.1. The number of unbranched alkanes of at least 4 members (excludes halogenated alkanes) is 2. The molecule has 0 unspecified atom stereocenters. The molecule has 3 aromatic rings. The first-order chi connectivity index (χ1) is 18.9. The minimum absolute atomic E-state index is 0.385. The van der Waals surface area contributed by atoms with Crippen LogP contribution in [0.4, 0.5) is 0 Å². The van der Waals surface area contributed by atoms with Crippen LogP contribution in [0.1, 0.15) is 49.7 Å². The molecule has 212 valence electrons. The van der Waals surface area contributed by atoms with E-state index in [0.29, 0.717) is 24.7 Å². The third-order valence-electron chi connectivity index (χ3n) is 6.79. The number of ether oxygens (including phenoxy) is 2. The van der Waals surface area contributed by atoms with Crippen LogP contribution in [-0.4, -0.2) is 47.0 Å². The average Bonchev–Trinajstić information content (AvgIpc) is 2.93. The molecule has 0 aliphatic carbocycles. The van der Waals surface area contributed by atoms with Crippen LogP contribution >= 0.6 is 17.2 Å². The van der Waals surface area contributed by atoms with Gasteiger partial charge in [-0.3, -0.25) is 0 Å². The Balaban J connectivity index is 2.15. The Bertz CT molecular complexity index is 1100. The predicted molar refractivity (Wildman–Crippen MR) is 155 cm³/mol. The van der Waals surface area contributed by atoms with Crippen molar-refractivity contribution in [2.45, 2.75) is 43.9 Å². The monoisotopic (exact) mass is 576 g/mol. The quantitative estimate of drug-likeness (QED) is 0.107. The van der Waals surface area contributed by atoms with Crippen LogP contribution in [0.15, 0.2) is 72.8 Å². The molecule has 0 spiro atoms. The van der Waals surface area contributed by atoms with Gasteiger partial charge >= 0.3 is 17.2 Å². The van der Waals surface area contributed by atoms with Crippen molar-refractivity contribution in [1.82, 2.24) is 0 Å². The van der Waals surface area contributed by atoms with E-state index in [9.17, 15) is 19.6 Å². The number of methoxy groups -OCH3 is 2. The molecule has 10 heteroatoms. The van der Waals surface area contributed by atoms with Crippen LogP contribution in [0, 0.1) is 0 Å². The van der Waals surface area contributed by atoms with Crippen molar-refractivity contribution in [3.8, 4) is 22.6 Å². The molecule has 39 heavy (non-hydrogen) atoms. The minimum atomic E-state index is -2.58. The molecule has 0 aromatic heterocycles. The lowest BCUT2D eigenvalue weighted by Gasteiger charge is -2.36. The van der Waals surface area contributed by atoms with Crippen molar-refractivity contribution in [1.29, 1.82) is 0 Å². The lowest BCUT2D eigenvalue weighted by atomic mass is 9.67. The largest absolute Gasteiger partial charge is 0.427 e. The molecule has 0 atom stereocenters. The number of benzene rings is 3. The van der Waals surface area contributed by atoms with Gasteiger partial charge in [-0.15, -0.1) is 0 Å². The fourth-order valence-electron chi connectivity index (χ4n) is 4.98. The maximum atomic E-state index is 9.63. The van der Waals surface area contributed by atoms with Gasteiger partial charge in [-0.1, -0.05) is 48.5 Å². The first-order valence-corrected chi connectivity index (χ1v) is 15.2. The zero-order chi connectivity index (χ0) is 28.1. The Labute approximate surface area is 233 Å². The Morgan fingerprint density at radius 3 is 1.74 bits per heavy atom. The SMILES string of the molecule is COCCCCC(CCCCOC)(c1ccc(OP(O)O)cc1)c1ccc(OP(O)O)c(-c2ccccc2)c1. The second-order valence-electron chi connectivity index (χ2n) is 9.27. The number of hydrogen-bond acceptors (Lipinski definition) is 8. The third-order valence-corrected chi connectivity index (χ3v) is 7.53. The zero-order valence-corrected chi connectivity index (χ0v) is 24.2. The predicted octanol–water partition coefficient (Wildman–Crippen LogP) is 6.45. The molecular formula is C29H38O8P2. The molecule has 0 saturated carbocycles. The molecule has 0 aliphatic heterocycles. The Hall–Kier alpha value is -2.12. The molecule has 3 aromatic carbocycles. The molecule has 8 nitrogen and oxygen atoms in total. The maximum Gasteiger partial charge on any atom is 0.391 e. The summed E-state index contributed by atoms with van der Waals surface area (Å²) in [6.45, 7) is 1.34. The zero-order valence-electron chi connectivity index (χ0n) is 22.4. The summed E-state index contributed by atoms with van der Waals surface area (Å²) in [4.78, 5) is 37.9. The summed E-state index contributed by atoms with van der Waals surface area (Å²) in [7, 11) is -1.68. The molecule has 0 fully saturated rings. The van der Waals surface area contributed by atoms with E-state index in [2.05, 4.69) is 6.07 Å². The number of hydrogen-bond donors (Lipinski definition) is 4. The maximum absolute atomic E-state index is 9.63. The molecule has 0 bridgehead atoms. The van der Waals surface area contributed by atoms with Crippen molar-refractivity contribution in [3.05, 3.63) is 83.9 Å². The first kappa shape index (κ1) is 31.4. The summed E-state index contributed by atoms with van der Waals surface area (Å²) in [6.07, 6.45) is 5.35. The highest BCUT2D eigenvalue weighted by Gasteiger charge is 2.34. The molecular weight excluding hydrogens is 538 g/mol. The molecule has 0 aliphatic rings. The third kappa shape index (κ3) is 9.21. The standard InChI is InChI=1S/C29H38O8P2/c1-34-20-8-6-18-29(19-7-9-21-35-2,24-12-15-26(16-13-24)36-38(30)31)25-14-17-28(37-39(32)33)27(22-25)23-10-4-3-5-11-23/h3-5,10-17,22,30-33H,6-9,18-21H2,1-2H3. The second kappa shape index (κ2) is 16.2. The molecule has 0 amide bonds. The topological polar surface area (TPSA) is 118 Å². The van der Waals surface area contributed by atoms with E-state index < -0.39 is 22.6 Å². The smallest absolute Gasteiger partial charge is 0.391 e. The van der Waals surface area contributed by atoms with Crippen LogP contribution in [0.2, 0.25) is 0 Å². The first-order valence-electron chi connectivity index (χ1n) is 12.9. The van der Waals surface area contributed by atoms with E-state index in [1.165, 1.54) is 0 Å². The molecule has 0 saturated heterocycles. The van der Waals surface area contributed by atoms with E-state index in [4.69, 9.17) is 18.5 Å². The normalized spacial score (nSPS) is 11.8. The highest BCUT2D eigenvalue weighted by molar-refractivity contribution is 7.40. The second-order valence-corrected chi connectivity index (χ2v) is 10.6. The fourth-order valence-corrected chi connectivity index (χ4v) is 5.63. The lowest BCUT2D eigenvalue weighted by molar-refractivity contribution is 0.185. The Morgan fingerprint density at radius 1 is 0.641 bits per heavy atom. The van der Waals surface area contributed by atoms with E-state index in [1.54, 1.807) is 32.4 Å². The van der Waals surface area contributed by atoms with Crippen LogP contribution in [0.3, 0.4) is 0 Å². The molecule has 3 rings (SSSR count). The molecule has 4 N–H and O–H groups in total. The van der Waals surface area contributed by atoms with Crippen LogP contribution in [0.5, 0.6) is 11.5 Å². The molecule has 0 radical (unpaired) electrons. The summed E-state index contributed by atoms with van der Waals surface area (Å²) in [5.41, 5.74) is 3.43. The average molecular weight is 577 g/mol.